The molecule has 6 aromatic rings. The molecule has 38 heavy (non-hydrogen) atoms. The van der Waals surface area contributed by atoms with Crippen molar-refractivity contribution in [1.82, 2.24) is 24.1 Å². The van der Waals surface area contributed by atoms with Gasteiger partial charge >= 0.3 is 0 Å². The number of benzene rings is 3. The first kappa shape index (κ1) is 25.4. The summed E-state index contributed by atoms with van der Waals surface area (Å²) < 4.78 is 4.45. The quantitative estimate of drug-likeness (QED) is 0.230. The minimum Gasteiger partial charge on any atom is -0.296 e. The highest BCUT2D eigenvalue weighted by Gasteiger charge is 2.17. The van der Waals surface area contributed by atoms with Gasteiger partial charge in [-0.3, -0.25) is 9.13 Å². The smallest absolute Gasteiger partial charge is 0.164 e. The summed E-state index contributed by atoms with van der Waals surface area (Å²) in [6.07, 6.45) is 3.98. The van der Waals surface area contributed by atoms with Crippen molar-refractivity contribution in [2.24, 2.45) is 0 Å². The van der Waals surface area contributed by atoms with Gasteiger partial charge in [0.15, 0.2) is 5.65 Å². The van der Waals surface area contributed by atoms with E-state index < -0.39 is 0 Å². The molecule has 0 aliphatic carbocycles. The molecular weight excluding hydrogens is 466 g/mol. The first-order valence-corrected chi connectivity index (χ1v) is 13.5. The van der Waals surface area contributed by atoms with Crippen LogP contribution in [0, 0.1) is 0 Å². The Bertz CT molecular complexity index is 1490. The van der Waals surface area contributed by atoms with E-state index in [4.69, 9.17) is 9.97 Å². The number of hydrogen-bond donors (Lipinski definition) is 0. The minimum absolute atomic E-state index is 0.411. The summed E-state index contributed by atoms with van der Waals surface area (Å²) >= 11 is 0. The van der Waals surface area contributed by atoms with Crippen LogP contribution in [-0.2, 0) is 0 Å². The Hall–Kier alpha value is -4.25. The van der Waals surface area contributed by atoms with Crippen molar-refractivity contribution < 1.29 is 0 Å². The van der Waals surface area contributed by atoms with Crippen LogP contribution in [0.25, 0.3) is 33.6 Å². The number of fused-ring (bicyclic) bond motifs is 2. The maximum atomic E-state index is 4.82. The second-order valence-corrected chi connectivity index (χ2v) is 9.74. The Morgan fingerprint density at radius 1 is 0.579 bits per heavy atom. The molecule has 6 rings (SSSR count). The first-order chi connectivity index (χ1) is 18.6. The van der Waals surface area contributed by atoms with Crippen LogP contribution >= 0.6 is 0 Å². The molecule has 3 aromatic heterocycles. The Morgan fingerprint density at radius 2 is 1.08 bits per heavy atom. The van der Waals surface area contributed by atoms with Gasteiger partial charge in [-0.15, -0.1) is 0 Å². The van der Waals surface area contributed by atoms with Crippen LogP contribution in [0.5, 0.6) is 0 Å². The Morgan fingerprint density at radius 3 is 1.71 bits per heavy atom. The van der Waals surface area contributed by atoms with E-state index in [1.165, 1.54) is 11.2 Å². The normalized spacial score (nSPS) is 12.7. The molecule has 2 atom stereocenters. The van der Waals surface area contributed by atoms with E-state index in [1.54, 1.807) is 0 Å². The fourth-order valence-electron chi connectivity index (χ4n) is 4.68. The summed E-state index contributed by atoms with van der Waals surface area (Å²) in [5, 5.41) is 0. The summed E-state index contributed by atoms with van der Waals surface area (Å²) in [6, 6.07) is 33.1. The van der Waals surface area contributed by atoms with Crippen LogP contribution in [0.15, 0.2) is 103 Å². The fraction of sp³-hybridized carbons (Fsp3) is 0.242. The van der Waals surface area contributed by atoms with E-state index in [0.29, 0.717) is 11.8 Å². The van der Waals surface area contributed by atoms with Crippen molar-refractivity contribution in [3.63, 3.8) is 0 Å². The van der Waals surface area contributed by atoms with Crippen molar-refractivity contribution in [2.75, 3.05) is 0 Å². The van der Waals surface area contributed by atoms with Gasteiger partial charge in [-0.25, -0.2) is 15.0 Å². The van der Waals surface area contributed by atoms with E-state index in [2.05, 4.69) is 96.4 Å². The monoisotopic (exact) mass is 501 g/mol. The minimum atomic E-state index is 0.411. The zero-order valence-corrected chi connectivity index (χ0v) is 22.6. The molecule has 0 radical (unpaired) electrons. The van der Waals surface area contributed by atoms with Crippen LogP contribution in [0.4, 0.5) is 0 Å². The highest BCUT2D eigenvalue weighted by molar-refractivity contribution is 5.78. The highest BCUT2D eigenvalue weighted by Crippen LogP contribution is 2.28. The molecule has 0 N–H and O–H groups in total. The van der Waals surface area contributed by atoms with Gasteiger partial charge in [-0.2, -0.15) is 0 Å². The average molecular weight is 502 g/mol. The van der Waals surface area contributed by atoms with Gasteiger partial charge in [0, 0.05) is 29.4 Å². The Kier molecular flexibility index (Phi) is 7.64. The van der Waals surface area contributed by atoms with Gasteiger partial charge in [0.2, 0.25) is 0 Å². The van der Waals surface area contributed by atoms with E-state index in [1.807, 2.05) is 48.7 Å². The van der Waals surface area contributed by atoms with Crippen LogP contribution in [0.2, 0.25) is 0 Å². The van der Waals surface area contributed by atoms with Gasteiger partial charge in [0.05, 0.1) is 11.0 Å². The van der Waals surface area contributed by atoms with Crippen molar-refractivity contribution >= 4 is 22.2 Å². The van der Waals surface area contributed by atoms with Crippen molar-refractivity contribution in [1.29, 1.82) is 0 Å². The van der Waals surface area contributed by atoms with E-state index >= 15 is 0 Å². The van der Waals surface area contributed by atoms with E-state index in [-0.39, 0.29) is 0 Å². The lowest BCUT2D eigenvalue weighted by Gasteiger charge is -2.13. The molecule has 0 saturated carbocycles. The number of rotatable bonds is 6. The second-order valence-electron chi connectivity index (χ2n) is 9.74. The molecular formula is C33H35N5. The molecule has 0 bridgehead atoms. The molecule has 0 aliphatic heterocycles. The van der Waals surface area contributed by atoms with Crippen LogP contribution in [0.3, 0.4) is 0 Å². The van der Waals surface area contributed by atoms with E-state index in [9.17, 15) is 0 Å². The molecule has 0 spiro atoms. The largest absolute Gasteiger partial charge is 0.296 e. The predicted octanol–water partition coefficient (Wildman–Crippen LogP) is 8.47. The van der Waals surface area contributed by atoms with Crippen molar-refractivity contribution in [3.05, 3.63) is 115 Å². The lowest BCUT2D eigenvalue weighted by atomic mass is 10.1. The SMILES string of the molecule is CCC(C)c1nc2ccccc2n1-c1ccccc1.CCC(C)c1nc2cccnc2n1-c1ccccc1. The molecule has 5 nitrogen and oxygen atoms in total. The third-order valence-electron chi connectivity index (χ3n) is 7.16. The van der Waals surface area contributed by atoms with Crippen LogP contribution in [0.1, 0.15) is 64.0 Å². The molecule has 3 heterocycles. The predicted molar refractivity (Wildman–Crippen MR) is 157 cm³/mol. The van der Waals surface area contributed by atoms with Gasteiger partial charge in [-0.1, -0.05) is 76.2 Å². The Labute approximate surface area is 224 Å². The molecule has 0 amide bonds. The van der Waals surface area contributed by atoms with Crippen LogP contribution < -0.4 is 0 Å². The number of para-hydroxylation sites is 4. The summed E-state index contributed by atoms with van der Waals surface area (Å²) in [4.78, 5) is 14.1. The number of pyridine rings is 1. The van der Waals surface area contributed by atoms with Gasteiger partial charge in [0.1, 0.15) is 17.2 Å². The molecule has 5 heteroatoms. The number of imidazole rings is 2. The Balaban J connectivity index is 0.000000155. The molecule has 192 valence electrons. The zero-order valence-electron chi connectivity index (χ0n) is 22.6. The van der Waals surface area contributed by atoms with Crippen molar-refractivity contribution in [3.8, 4) is 11.4 Å². The zero-order chi connectivity index (χ0) is 26.5. The summed E-state index contributed by atoms with van der Waals surface area (Å²) in [6.45, 7) is 8.84. The number of aromatic nitrogens is 5. The number of nitrogens with zero attached hydrogens (tertiary/aromatic N) is 5. The topological polar surface area (TPSA) is 48.5 Å². The lowest BCUT2D eigenvalue weighted by molar-refractivity contribution is 0.669. The number of hydrogen-bond acceptors (Lipinski definition) is 3. The molecule has 0 fully saturated rings. The second kappa shape index (κ2) is 11.4. The van der Waals surface area contributed by atoms with E-state index in [0.717, 1.165) is 46.9 Å². The summed E-state index contributed by atoms with van der Waals surface area (Å²) in [7, 11) is 0. The first-order valence-electron chi connectivity index (χ1n) is 13.5. The summed E-state index contributed by atoms with van der Waals surface area (Å²) in [5.74, 6) is 3.10. The molecule has 0 saturated heterocycles. The molecule has 2 unspecified atom stereocenters. The maximum Gasteiger partial charge on any atom is 0.164 e. The maximum absolute atomic E-state index is 4.82. The lowest BCUT2D eigenvalue weighted by Crippen LogP contribution is -2.05. The van der Waals surface area contributed by atoms with Gasteiger partial charge in [0.25, 0.3) is 0 Å². The highest BCUT2D eigenvalue weighted by atomic mass is 15.1. The van der Waals surface area contributed by atoms with Crippen molar-refractivity contribution in [2.45, 2.75) is 52.4 Å². The molecule has 0 aliphatic rings. The fourth-order valence-corrected chi connectivity index (χ4v) is 4.68. The van der Waals surface area contributed by atoms with Gasteiger partial charge < -0.3 is 0 Å². The van der Waals surface area contributed by atoms with Gasteiger partial charge in [-0.05, 0) is 61.4 Å². The summed E-state index contributed by atoms with van der Waals surface area (Å²) in [5.41, 5.74) is 6.46. The van der Waals surface area contributed by atoms with Crippen LogP contribution in [-0.4, -0.2) is 24.1 Å². The molecule has 3 aromatic carbocycles. The standard InChI is InChI=1S/C17H18N2.C16H17N3/c1-3-13(2)17-18-15-11-7-8-12-16(15)19(17)14-9-5-4-6-10-14;1-3-12(2)15-18-14-10-7-11-17-16(14)19(15)13-8-5-4-6-9-13/h4-13H,3H2,1-2H3;4-12H,3H2,1-2H3. The third kappa shape index (κ3) is 4.97. The third-order valence-corrected chi connectivity index (χ3v) is 7.16. The average Bonchev–Trinajstić information content (AvgIpc) is 3.57.